The predicted octanol–water partition coefficient (Wildman–Crippen LogP) is 1.23. The number of hydrogen-bond acceptors (Lipinski definition) is 1. The van der Waals surface area contributed by atoms with Crippen LogP contribution in [-0.2, 0) is 4.79 Å². The summed E-state index contributed by atoms with van der Waals surface area (Å²) in [5, 5.41) is 2.89. The second kappa shape index (κ2) is 3.40. The molecule has 1 N–H and O–H groups in total. The maximum Gasteiger partial charge on any atom is 0.224 e. The van der Waals surface area contributed by atoms with E-state index in [1.807, 2.05) is 6.08 Å². The Kier molecular flexibility index (Phi) is 2.49. The molecule has 0 aromatic rings. The first-order valence-electron chi connectivity index (χ1n) is 3.79. The van der Waals surface area contributed by atoms with E-state index >= 15 is 0 Å². The van der Waals surface area contributed by atoms with Gasteiger partial charge in [0.05, 0.1) is 0 Å². The van der Waals surface area contributed by atoms with Crippen molar-refractivity contribution in [2.45, 2.75) is 32.2 Å². The van der Waals surface area contributed by atoms with E-state index in [0.717, 1.165) is 12.8 Å². The van der Waals surface area contributed by atoms with Gasteiger partial charge >= 0.3 is 0 Å². The summed E-state index contributed by atoms with van der Waals surface area (Å²) >= 11 is 0. The lowest BCUT2D eigenvalue weighted by Gasteiger charge is -2.16. The minimum Gasteiger partial charge on any atom is -0.350 e. The van der Waals surface area contributed by atoms with Crippen molar-refractivity contribution in [2.24, 2.45) is 0 Å². The van der Waals surface area contributed by atoms with E-state index in [2.05, 4.69) is 18.3 Å². The van der Waals surface area contributed by atoms with Gasteiger partial charge in [-0.2, -0.15) is 0 Å². The van der Waals surface area contributed by atoms with Crippen molar-refractivity contribution in [3.63, 3.8) is 0 Å². The molecule has 56 valence electrons. The van der Waals surface area contributed by atoms with E-state index in [9.17, 15) is 4.79 Å². The van der Waals surface area contributed by atoms with Crippen LogP contribution in [0.5, 0.6) is 0 Å². The molecule has 1 aliphatic rings. The maximum atomic E-state index is 10.8. The van der Waals surface area contributed by atoms with E-state index in [-0.39, 0.29) is 5.91 Å². The molecule has 1 amide bonds. The average molecular weight is 139 g/mol. The second-order valence-corrected chi connectivity index (χ2v) is 2.59. The van der Waals surface area contributed by atoms with Crippen molar-refractivity contribution >= 4 is 5.91 Å². The van der Waals surface area contributed by atoms with E-state index in [0.29, 0.717) is 12.5 Å². The molecule has 1 atom stereocenters. The molecular weight excluding hydrogens is 126 g/mol. The van der Waals surface area contributed by atoms with E-state index in [4.69, 9.17) is 0 Å². The van der Waals surface area contributed by atoms with Gasteiger partial charge in [-0.1, -0.05) is 25.5 Å². The number of rotatable bonds is 2. The fraction of sp³-hybridized carbons (Fsp3) is 0.625. The highest BCUT2D eigenvalue weighted by Crippen LogP contribution is 2.03. The van der Waals surface area contributed by atoms with Crippen LogP contribution in [-0.4, -0.2) is 11.9 Å². The Morgan fingerprint density at radius 1 is 1.80 bits per heavy atom. The van der Waals surface area contributed by atoms with Gasteiger partial charge in [0.25, 0.3) is 0 Å². The summed E-state index contributed by atoms with van der Waals surface area (Å²) in [4.78, 5) is 10.8. The van der Waals surface area contributed by atoms with Crippen molar-refractivity contribution in [2.75, 3.05) is 0 Å². The number of carbonyl (C=O) groups is 1. The highest BCUT2D eigenvalue weighted by Gasteiger charge is 2.10. The third-order valence-electron chi connectivity index (χ3n) is 1.62. The summed E-state index contributed by atoms with van der Waals surface area (Å²) in [5.74, 6) is 0.154. The first-order valence-corrected chi connectivity index (χ1v) is 3.79. The van der Waals surface area contributed by atoms with Crippen LogP contribution in [0, 0.1) is 0 Å². The van der Waals surface area contributed by atoms with Gasteiger partial charge in [-0.15, -0.1) is 0 Å². The minimum absolute atomic E-state index is 0.154. The van der Waals surface area contributed by atoms with Gasteiger partial charge in [-0.3, -0.25) is 4.79 Å². The Hall–Kier alpha value is -0.790. The van der Waals surface area contributed by atoms with Crippen molar-refractivity contribution in [3.8, 4) is 0 Å². The summed E-state index contributed by atoms with van der Waals surface area (Å²) in [5.41, 5.74) is 0. The monoisotopic (exact) mass is 139 g/mol. The molecule has 0 radical (unpaired) electrons. The molecule has 2 heteroatoms. The summed E-state index contributed by atoms with van der Waals surface area (Å²) in [6.07, 6.45) is 6.75. The van der Waals surface area contributed by atoms with Crippen LogP contribution in [0.3, 0.4) is 0 Å². The molecule has 1 aliphatic heterocycles. The lowest BCUT2D eigenvalue weighted by Crippen LogP contribution is -2.35. The molecular formula is C8H13NO. The van der Waals surface area contributed by atoms with Crippen LogP contribution >= 0.6 is 0 Å². The van der Waals surface area contributed by atoms with Crippen molar-refractivity contribution in [3.05, 3.63) is 12.2 Å². The Labute approximate surface area is 61.3 Å². The van der Waals surface area contributed by atoms with Gasteiger partial charge in [0.1, 0.15) is 0 Å². The Morgan fingerprint density at radius 3 is 3.20 bits per heavy atom. The SMILES string of the molecule is CCCC1C=CCC(=O)N1. The second-order valence-electron chi connectivity index (χ2n) is 2.59. The zero-order valence-electron chi connectivity index (χ0n) is 6.26. The largest absolute Gasteiger partial charge is 0.350 e. The first-order chi connectivity index (χ1) is 4.83. The molecule has 1 unspecified atom stereocenters. The molecule has 0 aromatic heterocycles. The van der Waals surface area contributed by atoms with Crippen LogP contribution in [0.1, 0.15) is 26.2 Å². The van der Waals surface area contributed by atoms with Crippen LogP contribution < -0.4 is 5.32 Å². The van der Waals surface area contributed by atoms with Crippen molar-refractivity contribution in [1.29, 1.82) is 0 Å². The molecule has 2 nitrogen and oxygen atoms in total. The average Bonchev–Trinajstić information content (AvgIpc) is 1.88. The molecule has 0 saturated carbocycles. The molecule has 0 spiro atoms. The van der Waals surface area contributed by atoms with Gasteiger partial charge in [-0.05, 0) is 6.42 Å². The number of nitrogens with one attached hydrogen (secondary N) is 1. The third-order valence-corrected chi connectivity index (χ3v) is 1.62. The standard InChI is InChI=1S/C8H13NO/c1-2-4-7-5-3-6-8(10)9-7/h3,5,7H,2,4,6H2,1H3,(H,9,10). The number of carbonyl (C=O) groups excluding carboxylic acids is 1. The summed E-state index contributed by atoms with van der Waals surface area (Å²) in [6, 6.07) is 0.297. The normalized spacial score (nSPS) is 24.5. The Balaban J connectivity index is 2.39. The zero-order valence-corrected chi connectivity index (χ0v) is 6.26. The molecule has 10 heavy (non-hydrogen) atoms. The number of amides is 1. The minimum atomic E-state index is 0.154. The van der Waals surface area contributed by atoms with E-state index in [1.165, 1.54) is 0 Å². The fourth-order valence-corrected chi connectivity index (χ4v) is 1.13. The maximum absolute atomic E-state index is 10.8. The highest BCUT2D eigenvalue weighted by molar-refractivity contribution is 5.79. The van der Waals surface area contributed by atoms with Gasteiger partial charge in [0, 0.05) is 12.5 Å². The topological polar surface area (TPSA) is 29.1 Å². The number of hydrogen-bond donors (Lipinski definition) is 1. The lowest BCUT2D eigenvalue weighted by molar-refractivity contribution is -0.121. The van der Waals surface area contributed by atoms with E-state index in [1.54, 1.807) is 0 Å². The quantitative estimate of drug-likeness (QED) is 0.573. The molecule has 1 heterocycles. The molecule has 0 aromatic carbocycles. The summed E-state index contributed by atoms with van der Waals surface area (Å²) < 4.78 is 0. The van der Waals surface area contributed by atoms with Gasteiger partial charge in [0.2, 0.25) is 5.91 Å². The van der Waals surface area contributed by atoms with Crippen LogP contribution in [0.25, 0.3) is 0 Å². The Bertz CT molecular complexity index is 151. The summed E-state index contributed by atoms with van der Waals surface area (Å²) in [7, 11) is 0. The van der Waals surface area contributed by atoms with Crippen LogP contribution in [0.4, 0.5) is 0 Å². The van der Waals surface area contributed by atoms with Crippen LogP contribution in [0.15, 0.2) is 12.2 Å². The lowest BCUT2D eigenvalue weighted by atomic mass is 10.1. The predicted molar refractivity (Wildman–Crippen MR) is 40.6 cm³/mol. The van der Waals surface area contributed by atoms with Crippen LogP contribution in [0.2, 0.25) is 0 Å². The fourth-order valence-electron chi connectivity index (χ4n) is 1.13. The molecule has 1 rings (SSSR count). The highest BCUT2D eigenvalue weighted by atomic mass is 16.1. The third kappa shape index (κ3) is 1.87. The van der Waals surface area contributed by atoms with Gasteiger partial charge in [0.15, 0.2) is 0 Å². The van der Waals surface area contributed by atoms with Gasteiger partial charge in [-0.25, -0.2) is 0 Å². The molecule has 0 aliphatic carbocycles. The molecule has 0 bridgehead atoms. The first kappa shape index (κ1) is 7.32. The molecule has 0 saturated heterocycles. The summed E-state index contributed by atoms with van der Waals surface area (Å²) in [6.45, 7) is 2.12. The van der Waals surface area contributed by atoms with Crippen molar-refractivity contribution < 1.29 is 4.79 Å². The van der Waals surface area contributed by atoms with Gasteiger partial charge < -0.3 is 5.32 Å². The smallest absolute Gasteiger partial charge is 0.224 e. The zero-order chi connectivity index (χ0) is 7.40. The molecule has 0 fully saturated rings. The Morgan fingerprint density at radius 2 is 2.60 bits per heavy atom. The van der Waals surface area contributed by atoms with Crippen molar-refractivity contribution in [1.82, 2.24) is 5.32 Å². The van der Waals surface area contributed by atoms with E-state index < -0.39 is 0 Å².